The molecule has 1 saturated heterocycles. The van der Waals surface area contributed by atoms with Crippen LogP contribution in [0.3, 0.4) is 0 Å². The van der Waals surface area contributed by atoms with E-state index in [2.05, 4.69) is 204 Å². The molecule has 5 aromatic carbocycles. The van der Waals surface area contributed by atoms with Gasteiger partial charge in [-0.05, 0) is 49.4 Å². The summed E-state index contributed by atoms with van der Waals surface area (Å²) in [7, 11) is -5.48. The van der Waals surface area contributed by atoms with Crippen LogP contribution in [0.1, 0.15) is 48.0 Å². The summed E-state index contributed by atoms with van der Waals surface area (Å²) < 4.78 is 15.5. The average molecular weight is 740 g/mol. The molecule has 2 heterocycles. The lowest BCUT2D eigenvalue weighted by molar-refractivity contribution is 0.129. The van der Waals surface area contributed by atoms with Gasteiger partial charge in [-0.3, -0.25) is 4.90 Å². The summed E-state index contributed by atoms with van der Waals surface area (Å²) in [5.41, 5.74) is 0. The monoisotopic (exact) mass is 739 g/mol. The lowest BCUT2D eigenvalue weighted by Gasteiger charge is -2.46. The zero-order valence-electron chi connectivity index (χ0n) is 31.5. The minimum atomic E-state index is -2.77. The van der Waals surface area contributed by atoms with E-state index in [1.807, 2.05) is 11.8 Å². The molecular weight excluding hydrogens is 687 g/mol. The number of nitrogens with zero attached hydrogens (tertiary/aromatic N) is 1. The molecule has 3 atom stereocenters. The fourth-order valence-corrected chi connectivity index (χ4v) is 19.3. The minimum Gasteiger partial charge on any atom is -0.405 e. The highest BCUT2D eigenvalue weighted by molar-refractivity contribution is 8.03. The molecule has 52 heavy (non-hydrogen) atoms. The van der Waals surface area contributed by atoms with Crippen molar-refractivity contribution in [2.75, 3.05) is 13.2 Å². The summed E-state index contributed by atoms with van der Waals surface area (Å²) in [6.45, 7) is 15.9. The van der Waals surface area contributed by atoms with E-state index in [0.29, 0.717) is 6.61 Å². The van der Waals surface area contributed by atoms with Crippen molar-refractivity contribution < 1.29 is 8.85 Å². The number of hydrogen-bond donors (Lipinski definition) is 0. The lowest BCUT2D eigenvalue weighted by Crippen LogP contribution is -2.68. The van der Waals surface area contributed by atoms with E-state index in [4.69, 9.17) is 8.85 Å². The van der Waals surface area contributed by atoms with E-state index in [1.165, 1.54) is 30.5 Å². The number of hydrogen-bond acceptors (Lipinski definition) is 4. The lowest BCUT2D eigenvalue weighted by atomic mass is 10.2. The van der Waals surface area contributed by atoms with Crippen LogP contribution in [0.5, 0.6) is 0 Å². The van der Waals surface area contributed by atoms with Crippen molar-refractivity contribution in [1.82, 2.24) is 4.90 Å². The van der Waals surface area contributed by atoms with Crippen molar-refractivity contribution in [2.45, 2.75) is 81.1 Å². The quantitative estimate of drug-likeness (QED) is 0.127. The number of benzene rings is 5. The van der Waals surface area contributed by atoms with Crippen LogP contribution in [0.4, 0.5) is 0 Å². The van der Waals surface area contributed by atoms with Crippen LogP contribution in [0.2, 0.25) is 10.1 Å². The van der Waals surface area contributed by atoms with Crippen molar-refractivity contribution in [1.29, 1.82) is 0 Å². The predicted octanol–water partition coefficient (Wildman–Crippen LogP) is 8.64. The van der Waals surface area contributed by atoms with Gasteiger partial charge in [0.05, 0.1) is 24.8 Å². The van der Waals surface area contributed by atoms with Gasteiger partial charge in [-0.15, -0.1) is 0 Å². The summed E-state index contributed by atoms with van der Waals surface area (Å²) in [6, 6.07) is 55.4. The summed E-state index contributed by atoms with van der Waals surface area (Å²) in [6.07, 6.45) is 3.55. The minimum absolute atomic E-state index is 0.0478. The van der Waals surface area contributed by atoms with Gasteiger partial charge in [-0.25, -0.2) is 0 Å². The highest BCUT2D eigenvalue weighted by Gasteiger charge is 2.56. The Kier molecular flexibility index (Phi) is 10.7. The molecule has 0 saturated carbocycles. The molecule has 3 nitrogen and oxygen atoms in total. The van der Waals surface area contributed by atoms with Crippen LogP contribution in [0.15, 0.2) is 168 Å². The normalized spacial score (nSPS) is 19.7. The first-order valence-electron chi connectivity index (χ1n) is 18.8. The third-order valence-electron chi connectivity index (χ3n) is 11.1. The first-order valence-corrected chi connectivity index (χ1v) is 23.4. The SMILES string of the molecule is CC(C)(C)[Si](OC[C@@H]1C=C(Sc2ccccc2)[C@@H]2[C@@H](O[Si](c3ccccc3)(c3ccccc3)C(C)(C)C)CCN21)(c1ccccc1)c1ccccc1. The Bertz CT molecular complexity index is 1850. The van der Waals surface area contributed by atoms with E-state index >= 15 is 0 Å². The van der Waals surface area contributed by atoms with Gasteiger partial charge in [-0.1, -0.05) is 199 Å². The van der Waals surface area contributed by atoms with Crippen molar-refractivity contribution in [3.63, 3.8) is 0 Å². The summed E-state index contributed by atoms with van der Waals surface area (Å²) in [5.74, 6) is 0. The van der Waals surface area contributed by atoms with E-state index in [-0.39, 0.29) is 28.3 Å². The van der Waals surface area contributed by atoms with Gasteiger partial charge < -0.3 is 8.85 Å². The van der Waals surface area contributed by atoms with Gasteiger partial charge in [0.1, 0.15) is 0 Å². The Hall–Kier alpha value is -3.50. The van der Waals surface area contributed by atoms with Crippen molar-refractivity contribution in [3.8, 4) is 0 Å². The molecule has 7 rings (SSSR count). The third kappa shape index (κ3) is 6.86. The molecule has 1 fully saturated rings. The summed E-state index contributed by atoms with van der Waals surface area (Å²) >= 11 is 1.90. The van der Waals surface area contributed by atoms with Gasteiger partial charge in [0, 0.05) is 16.3 Å². The Morgan fingerprint density at radius 3 is 1.40 bits per heavy atom. The molecular formula is C46H53NO2SSi2. The van der Waals surface area contributed by atoms with Crippen LogP contribution in [0.25, 0.3) is 0 Å². The van der Waals surface area contributed by atoms with Gasteiger partial charge in [-0.2, -0.15) is 0 Å². The molecule has 0 radical (unpaired) electrons. The smallest absolute Gasteiger partial charge is 0.261 e. The fraction of sp³-hybridized carbons (Fsp3) is 0.304. The second-order valence-corrected chi connectivity index (χ2v) is 26.0. The average Bonchev–Trinajstić information content (AvgIpc) is 3.72. The highest BCUT2D eigenvalue weighted by atomic mass is 32.2. The molecule has 0 N–H and O–H groups in total. The first kappa shape index (κ1) is 36.8. The second-order valence-electron chi connectivity index (χ2n) is 16.3. The highest BCUT2D eigenvalue weighted by Crippen LogP contribution is 2.46. The van der Waals surface area contributed by atoms with Crippen molar-refractivity contribution in [2.24, 2.45) is 0 Å². The number of fused-ring (bicyclic) bond motifs is 1. The molecule has 2 aliphatic heterocycles. The Morgan fingerprint density at radius 2 is 0.981 bits per heavy atom. The molecule has 2 aliphatic rings. The van der Waals surface area contributed by atoms with Crippen LogP contribution in [-0.2, 0) is 8.85 Å². The molecule has 268 valence electrons. The Balaban J connectivity index is 1.28. The maximum atomic E-state index is 7.92. The van der Waals surface area contributed by atoms with E-state index in [9.17, 15) is 0 Å². The molecule has 0 bridgehead atoms. The predicted molar refractivity (Wildman–Crippen MR) is 225 cm³/mol. The largest absolute Gasteiger partial charge is 0.405 e. The van der Waals surface area contributed by atoms with Crippen molar-refractivity contribution in [3.05, 3.63) is 163 Å². The van der Waals surface area contributed by atoms with Crippen LogP contribution >= 0.6 is 11.8 Å². The number of thioether (sulfide) groups is 1. The second kappa shape index (κ2) is 15.1. The van der Waals surface area contributed by atoms with Gasteiger partial charge in [0.2, 0.25) is 0 Å². The zero-order chi connectivity index (χ0) is 36.4. The molecule has 6 heteroatoms. The van der Waals surface area contributed by atoms with E-state index in [1.54, 1.807) is 0 Å². The summed E-state index contributed by atoms with van der Waals surface area (Å²) in [5, 5.41) is 5.12. The Morgan fingerprint density at radius 1 is 0.577 bits per heavy atom. The zero-order valence-corrected chi connectivity index (χ0v) is 34.4. The standard InChI is InChI=1S/C46H53NO2SSi2/c1-45(2,3)51(38-24-14-8-15-25-38,39-26-16-9-17-27-39)48-35-36-34-43(50-37-22-12-7-13-23-37)44-42(32-33-47(36)44)49-52(46(4,5)6,40-28-18-10-19-29-40)41-30-20-11-21-31-41/h7-31,34,36,42,44H,32-33,35H2,1-6H3/t36-,42-,44-/m0/s1. The number of rotatable bonds is 11. The molecule has 5 aromatic rings. The maximum Gasteiger partial charge on any atom is 0.261 e. The van der Waals surface area contributed by atoms with Crippen LogP contribution < -0.4 is 20.7 Å². The molecule has 0 unspecified atom stereocenters. The maximum absolute atomic E-state index is 7.92. The Labute approximate surface area is 318 Å². The molecule has 0 aliphatic carbocycles. The molecule has 0 spiro atoms. The van der Waals surface area contributed by atoms with E-state index in [0.717, 1.165) is 13.0 Å². The molecule has 0 amide bonds. The van der Waals surface area contributed by atoms with Crippen LogP contribution in [-0.4, -0.2) is 52.9 Å². The summed E-state index contributed by atoms with van der Waals surface area (Å²) in [4.78, 5) is 5.34. The van der Waals surface area contributed by atoms with Crippen LogP contribution in [0, 0.1) is 0 Å². The van der Waals surface area contributed by atoms with E-state index < -0.39 is 16.6 Å². The van der Waals surface area contributed by atoms with Crippen molar-refractivity contribution >= 4 is 49.1 Å². The first-order chi connectivity index (χ1) is 25.0. The fourth-order valence-electron chi connectivity index (χ4n) is 8.77. The topological polar surface area (TPSA) is 21.7 Å². The van der Waals surface area contributed by atoms with Gasteiger partial charge in [0.25, 0.3) is 16.6 Å². The third-order valence-corrected chi connectivity index (χ3v) is 22.3. The molecule has 0 aromatic heterocycles. The van der Waals surface area contributed by atoms with Gasteiger partial charge in [0.15, 0.2) is 0 Å². The van der Waals surface area contributed by atoms with Gasteiger partial charge >= 0.3 is 0 Å².